The van der Waals surface area contributed by atoms with Crippen molar-refractivity contribution >= 4 is 52.4 Å². The molecule has 2 aliphatic rings. The molecule has 0 aliphatic carbocycles. The van der Waals surface area contributed by atoms with Crippen molar-refractivity contribution in [2.24, 2.45) is 0 Å². The fourth-order valence-electron chi connectivity index (χ4n) is 7.15. The molecule has 5 heteroatoms. The van der Waals surface area contributed by atoms with Crippen molar-refractivity contribution in [2.75, 3.05) is 0 Å². The van der Waals surface area contributed by atoms with E-state index in [4.69, 9.17) is 19.9 Å². The van der Waals surface area contributed by atoms with Crippen molar-refractivity contribution in [3.63, 3.8) is 0 Å². The van der Waals surface area contributed by atoms with Crippen LogP contribution in [0.4, 0.5) is 0 Å². The maximum atomic E-state index is 5.36. The van der Waals surface area contributed by atoms with Crippen molar-refractivity contribution < 1.29 is 19.5 Å². The van der Waals surface area contributed by atoms with Crippen LogP contribution < -0.4 is 9.97 Å². The van der Waals surface area contributed by atoms with E-state index in [2.05, 4.69) is 165 Å². The zero-order chi connectivity index (χ0) is 35.0. The first-order valence-corrected chi connectivity index (χ1v) is 17.6. The number of rotatable bonds is 5. The summed E-state index contributed by atoms with van der Waals surface area (Å²) in [6.45, 7) is 4.14. The van der Waals surface area contributed by atoms with Gasteiger partial charge in [0.15, 0.2) is 0 Å². The Kier molecular flexibility index (Phi) is 9.27. The number of fused-ring (bicyclic) bond motifs is 8. The van der Waals surface area contributed by atoms with Gasteiger partial charge in [0.2, 0.25) is 0 Å². The number of aromatic nitrogens is 4. The largest absolute Gasteiger partial charge is 2.00 e. The number of aryl methyl sites for hydroxylation is 1. The van der Waals surface area contributed by atoms with Crippen LogP contribution in [0.1, 0.15) is 40.8 Å². The average molecular weight is 732 g/mol. The number of hydrogen-bond donors (Lipinski definition) is 0. The molecule has 0 spiro atoms. The van der Waals surface area contributed by atoms with Crippen molar-refractivity contribution in [1.82, 2.24) is 19.9 Å². The van der Waals surface area contributed by atoms with Crippen LogP contribution in [-0.4, -0.2) is 9.97 Å². The van der Waals surface area contributed by atoms with Crippen LogP contribution in [-0.2, 0) is 19.5 Å². The van der Waals surface area contributed by atoms with Gasteiger partial charge < -0.3 is 9.97 Å². The van der Waals surface area contributed by atoms with Gasteiger partial charge in [-0.15, -0.1) is 22.1 Å². The van der Waals surface area contributed by atoms with Crippen molar-refractivity contribution in [2.45, 2.75) is 13.8 Å². The first kappa shape index (κ1) is 34.0. The molecule has 2 aliphatic heterocycles. The van der Waals surface area contributed by atoms with E-state index in [0.717, 1.165) is 94.9 Å². The quantitative estimate of drug-likeness (QED) is 0.165. The molecule has 9 rings (SSSR count). The smallest absolute Gasteiger partial charge is 0.657 e. The summed E-state index contributed by atoms with van der Waals surface area (Å²) in [6, 6.07) is 46.5. The second-order valence-corrected chi connectivity index (χ2v) is 13.1. The predicted octanol–water partition coefficient (Wildman–Crippen LogP) is 11.9. The summed E-state index contributed by atoms with van der Waals surface area (Å²) >= 11 is 0. The Morgan fingerprint density at radius 1 is 0.415 bits per heavy atom. The molecule has 4 aromatic carbocycles. The van der Waals surface area contributed by atoms with E-state index < -0.39 is 0 Å². The summed E-state index contributed by atoms with van der Waals surface area (Å²) in [5, 5.41) is 0. The minimum Gasteiger partial charge on any atom is -0.657 e. The molecule has 7 aromatic rings. The van der Waals surface area contributed by atoms with Crippen LogP contribution in [0.3, 0.4) is 0 Å². The molecule has 8 bridgehead atoms. The Morgan fingerprint density at radius 2 is 0.755 bits per heavy atom. The zero-order valence-corrected chi connectivity index (χ0v) is 32.6. The van der Waals surface area contributed by atoms with Crippen LogP contribution in [0.5, 0.6) is 0 Å². The predicted molar refractivity (Wildman–Crippen MR) is 218 cm³/mol. The monoisotopic (exact) mass is 730 g/mol. The Morgan fingerprint density at radius 3 is 1.11 bits per heavy atom. The summed E-state index contributed by atoms with van der Waals surface area (Å²) in [4.78, 5) is 21.4. The summed E-state index contributed by atoms with van der Waals surface area (Å²) in [5.41, 5.74) is 17.3. The summed E-state index contributed by atoms with van der Waals surface area (Å²) in [5.74, 6) is 0. The molecule has 0 fully saturated rings. The normalized spacial score (nSPS) is 12.0. The molecule has 0 saturated carbocycles. The molecule has 0 unspecified atom stereocenters. The number of hydrogen-bond acceptors (Lipinski definition) is 2. The zero-order valence-electron chi connectivity index (χ0n) is 29.7. The fourth-order valence-corrected chi connectivity index (χ4v) is 7.15. The second-order valence-electron chi connectivity index (χ2n) is 13.1. The van der Waals surface area contributed by atoms with Gasteiger partial charge in [-0.3, -0.25) is 0 Å². The van der Waals surface area contributed by atoms with E-state index in [0.29, 0.717) is 0 Å². The van der Waals surface area contributed by atoms with Gasteiger partial charge >= 0.3 is 19.5 Å². The fraction of sp³-hybridized carbons (Fsp3) is 0.0417. The molecular weight excluding hydrogens is 698 g/mol. The van der Waals surface area contributed by atoms with Gasteiger partial charge in [0.25, 0.3) is 0 Å². The van der Waals surface area contributed by atoms with Crippen LogP contribution >= 0.6 is 0 Å². The Hall–Kier alpha value is -6.16. The van der Waals surface area contributed by atoms with Gasteiger partial charge in [0.1, 0.15) is 0 Å². The summed E-state index contributed by atoms with van der Waals surface area (Å²) in [7, 11) is 0. The molecule has 0 atom stereocenters. The van der Waals surface area contributed by atoms with Crippen molar-refractivity contribution in [3.8, 4) is 44.5 Å². The van der Waals surface area contributed by atoms with Gasteiger partial charge in [-0.05, 0) is 88.2 Å². The van der Waals surface area contributed by atoms with Crippen LogP contribution in [0.15, 0.2) is 140 Å². The number of benzene rings is 4. The first-order chi connectivity index (χ1) is 25.6. The summed E-state index contributed by atoms with van der Waals surface area (Å²) in [6.07, 6.45) is 12.6. The molecule has 5 heterocycles. The summed E-state index contributed by atoms with van der Waals surface area (Å²) < 4.78 is 0. The maximum Gasteiger partial charge on any atom is 2.00 e. The minimum atomic E-state index is 0. The number of allylic oxidation sites excluding steroid dienone is 1. The Balaban J connectivity index is 0.00000400. The van der Waals surface area contributed by atoms with E-state index in [9.17, 15) is 0 Å². The molecule has 0 radical (unpaired) electrons. The van der Waals surface area contributed by atoms with Gasteiger partial charge in [0, 0.05) is 0 Å². The van der Waals surface area contributed by atoms with Crippen molar-refractivity contribution in [1.29, 1.82) is 0 Å². The third kappa shape index (κ3) is 6.45. The average Bonchev–Trinajstić information content (AvgIpc) is 4.02. The second kappa shape index (κ2) is 14.5. The van der Waals surface area contributed by atoms with E-state index >= 15 is 0 Å². The van der Waals surface area contributed by atoms with Gasteiger partial charge in [-0.1, -0.05) is 151 Å². The van der Waals surface area contributed by atoms with Crippen LogP contribution in [0.25, 0.3) is 97.0 Å². The maximum absolute atomic E-state index is 5.36. The van der Waals surface area contributed by atoms with E-state index in [1.807, 2.05) is 19.1 Å². The Labute approximate surface area is 322 Å². The molecule has 0 amide bonds. The first-order valence-electron chi connectivity index (χ1n) is 17.6. The topological polar surface area (TPSA) is 54.0 Å². The SMILES string of the molecule is C/C=C/c1ccc(-c2c3nc(c(-c4ccccc4)c4ccc([n-]4)c(-c4ccc(C)cc4)c4nc(c(-c5ccccc5)c5ccc2[n-]5)C=C4)C=C3)cc1.[Zn+2]. The molecule has 0 N–H and O–H groups in total. The standard InChI is InChI=1S/C48H34N4.Zn/c1-3-10-32-17-21-36(22-18-32)48-43-29-25-39(51-43)45(33-11-6-4-7-12-33)37-23-27-41(49-37)47(35-19-15-31(2)16-20-35)42-28-24-38(50-42)46(34-13-8-5-9-14-34)40-26-30-44(48)52-40;/h3-30H,1-2H3;/q-2;+2/b10-3+,45-37?,45-39?,46-38?,46-40?,47-41?,47-42?,48-43?,48-44?;. The molecule has 4 nitrogen and oxygen atoms in total. The molecule has 3 aromatic heterocycles. The van der Waals surface area contributed by atoms with E-state index in [1.165, 1.54) is 5.56 Å². The molecule has 53 heavy (non-hydrogen) atoms. The molecular formula is C48H34N4Zn. The minimum absolute atomic E-state index is 0. The van der Waals surface area contributed by atoms with Crippen molar-refractivity contribution in [3.05, 3.63) is 173 Å². The van der Waals surface area contributed by atoms with E-state index in [-0.39, 0.29) is 19.5 Å². The van der Waals surface area contributed by atoms with Gasteiger partial charge in [-0.2, -0.15) is 0 Å². The third-order valence-corrected chi connectivity index (χ3v) is 9.63. The van der Waals surface area contributed by atoms with Crippen LogP contribution in [0.2, 0.25) is 0 Å². The van der Waals surface area contributed by atoms with E-state index in [1.54, 1.807) is 0 Å². The molecule has 248 valence electrons. The number of nitrogens with zero attached hydrogens (tertiary/aromatic N) is 4. The Bertz CT molecular complexity index is 2680. The van der Waals surface area contributed by atoms with Crippen LogP contribution in [0, 0.1) is 6.92 Å². The van der Waals surface area contributed by atoms with Gasteiger partial charge in [0.05, 0.1) is 22.8 Å². The third-order valence-electron chi connectivity index (χ3n) is 9.63. The molecule has 0 saturated heterocycles. The van der Waals surface area contributed by atoms with Gasteiger partial charge in [-0.25, -0.2) is 9.97 Å².